The molecule has 2 rings (SSSR count). The van der Waals surface area contributed by atoms with Gasteiger partial charge in [0.05, 0.1) is 6.33 Å². The minimum atomic E-state index is -0.232. The number of rotatable bonds is 3. The maximum absolute atomic E-state index is 11.5. The highest BCUT2D eigenvalue weighted by atomic mass is 32.1. The predicted molar refractivity (Wildman–Crippen MR) is 60.4 cm³/mol. The Kier molecular flexibility index (Phi) is 2.68. The van der Waals surface area contributed by atoms with Crippen molar-refractivity contribution < 1.29 is 0 Å². The molecule has 2 aromatic rings. The van der Waals surface area contributed by atoms with Crippen molar-refractivity contribution in [3.63, 3.8) is 0 Å². The van der Waals surface area contributed by atoms with E-state index >= 15 is 0 Å². The third-order valence-corrected chi connectivity index (χ3v) is 2.47. The number of nitrogens with one attached hydrogen (secondary N) is 2. The first-order valence-electron chi connectivity index (χ1n) is 4.90. The molecule has 0 aromatic carbocycles. The molecule has 0 saturated heterocycles. The van der Waals surface area contributed by atoms with Gasteiger partial charge >= 0.3 is 0 Å². The second kappa shape index (κ2) is 3.98. The molecule has 5 nitrogen and oxygen atoms in total. The molecule has 0 fully saturated rings. The van der Waals surface area contributed by atoms with E-state index in [1.165, 1.54) is 0 Å². The Hall–Kier alpha value is -1.43. The number of fused-ring (bicyclic) bond motifs is 1. The number of imidazole rings is 1. The van der Waals surface area contributed by atoms with E-state index in [0.29, 0.717) is 15.9 Å². The minimum absolute atomic E-state index is 0.232. The van der Waals surface area contributed by atoms with Gasteiger partial charge in [0.25, 0.3) is 5.56 Å². The third-order valence-electron chi connectivity index (χ3n) is 2.26. The maximum Gasteiger partial charge on any atom is 0.279 e. The second-order valence-corrected chi connectivity index (χ2v) is 3.81. The monoisotopic (exact) mass is 224 g/mol. The topological polar surface area (TPSA) is 66.5 Å². The zero-order chi connectivity index (χ0) is 10.8. The van der Waals surface area contributed by atoms with Crippen molar-refractivity contribution in [2.45, 2.75) is 26.3 Å². The van der Waals surface area contributed by atoms with Gasteiger partial charge < -0.3 is 9.55 Å². The van der Waals surface area contributed by atoms with E-state index in [1.807, 2.05) is 4.57 Å². The highest BCUT2D eigenvalue weighted by molar-refractivity contribution is 7.71. The highest BCUT2D eigenvalue weighted by Gasteiger charge is 2.05. The molecule has 2 aromatic heterocycles. The lowest BCUT2D eigenvalue weighted by molar-refractivity contribution is 0.641. The molecule has 6 heteroatoms. The molecule has 0 atom stereocenters. The van der Waals surface area contributed by atoms with Gasteiger partial charge in [-0.2, -0.15) is 0 Å². The first-order valence-corrected chi connectivity index (χ1v) is 5.30. The number of nitrogens with zero attached hydrogens (tertiary/aromatic N) is 2. The van der Waals surface area contributed by atoms with Crippen molar-refractivity contribution in [3.8, 4) is 0 Å². The Labute approximate surface area is 91.2 Å². The molecule has 0 amide bonds. The van der Waals surface area contributed by atoms with Crippen molar-refractivity contribution in [3.05, 3.63) is 21.5 Å². The van der Waals surface area contributed by atoms with E-state index in [4.69, 9.17) is 12.2 Å². The Morgan fingerprint density at radius 3 is 3.07 bits per heavy atom. The average molecular weight is 224 g/mol. The van der Waals surface area contributed by atoms with Gasteiger partial charge in [0, 0.05) is 6.54 Å². The molecule has 0 spiro atoms. The van der Waals surface area contributed by atoms with E-state index in [9.17, 15) is 4.79 Å². The summed E-state index contributed by atoms with van der Waals surface area (Å²) in [6.45, 7) is 2.97. The average Bonchev–Trinajstić information content (AvgIpc) is 2.58. The van der Waals surface area contributed by atoms with Crippen LogP contribution in [0.15, 0.2) is 11.1 Å². The van der Waals surface area contributed by atoms with Crippen LogP contribution in [0.4, 0.5) is 0 Å². The van der Waals surface area contributed by atoms with Gasteiger partial charge in [-0.05, 0) is 18.6 Å². The van der Waals surface area contributed by atoms with E-state index in [1.54, 1.807) is 6.33 Å². The quantitative estimate of drug-likeness (QED) is 0.778. The molecule has 0 aliphatic heterocycles. The fourth-order valence-electron chi connectivity index (χ4n) is 1.48. The molecule has 0 unspecified atom stereocenters. The van der Waals surface area contributed by atoms with E-state index in [2.05, 4.69) is 21.9 Å². The summed E-state index contributed by atoms with van der Waals surface area (Å²) >= 11 is 4.91. The fourth-order valence-corrected chi connectivity index (χ4v) is 1.67. The number of aromatic amines is 2. The van der Waals surface area contributed by atoms with Crippen LogP contribution in [0.3, 0.4) is 0 Å². The number of hydrogen-bond donors (Lipinski definition) is 2. The van der Waals surface area contributed by atoms with E-state index in [-0.39, 0.29) is 5.56 Å². The Balaban J connectivity index is 2.58. The zero-order valence-corrected chi connectivity index (χ0v) is 9.23. The van der Waals surface area contributed by atoms with Crippen LogP contribution in [0, 0.1) is 4.77 Å². The molecule has 0 aliphatic carbocycles. The number of H-pyrrole nitrogens is 2. The number of aromatic nitrogens is 4. The summed E-state index contributed by atoms with van der Waals surface area (Å²) in [5.74, 6) is 0. The largest absolute Gasteiger partial charge is 0.317 e. The number of unbranched alkanes of at least 4 members (excludes halogenated alkanes) is 1. The smallest absolute Gasteiger partial charge is 0.279 e. The van der Waals surface area contributed by atoms with Crippen molar-refractivity contribution in [2.75, 3.05) is 0 Å². The van der Waals surface area contributed by atoms with Gasteiger partial charge in [0.1, 0.15) is 5.65 Å². The van der Waals surface area contributed by atoms with Crippen LogP contribution in [-0.2, 0) is 6.54 Å². The van der Waals surface area contributed by atoms with Crippen LogP contribution in [0.1, 0.15) is 19.8 Å². The summed E-state index contributed by atoms with van der Waals surface area (Å²) in [5, 5.41) is 0. The van der Waals surface area contributed by atoms with Crippen LogP contribution in [0.5, 0.6) is 0 Å². The molecule has 2 N–H and O–H groups in total. The molecule has 0 bridgehead atoms. The van der Waals surface area contributed by atoms with Crippen molar-refractivity contribution >= 4 is 23.4 Å². The summed E-state index contributed by atoms with van der Waals surface area (Å²) < 4.78 is 2.26. The van der Waals surface area contributed by atoms with E-state index in [0.717, 1.165) is 19.4 Å². The molecule has 0 aliphatic rings. The molecular formula is C9H12N4OS. The van der Waals surface area contributed by atoms with Crippen molar-refractivity contribution in [1.82, 2.24) is 19.5 Å². The van der Waals surface area contributed by atoms with Crippen LogP contribution in [-0.4, -0.2) is 19.5 Å². The van der Waals surface area contributed by atoms with Gasteiger partial charge in [0.15, 0.2) is 10.3 Å². The van der Waals surface area contributed by atoms with Gasteiger partial charge in [-0.3, -0.25) is 9.78 Å². The summed E-state index contributed by atoms with van der Waals surface area (Å²) in [7, 11) is 0. The normalized spacial score (nSPS) is 11.0. The van der Waals surface area contributed by atoms with Gasteiger partial charge in [0.2, 0.25) is 0 Å². The predicted octanol–water partition coefficient (Wildman–Crippen LogP) is 1.58. The first kappa shape index (κ1) is 10.1. The lowest BCUT2D eigenvalue weighted by atomic mass is 10.3. The molecule has 15 heavy (non-hydrogen) atoms. The molecule has 0 radical (unpaired) electrons. The molecule has 2 heterocycles. The zero-order valence-electron chi connectivity index (χ0n) is 8.41. The Bertz CT molecular complexity index is 580. The lowest BCUT2D eigenvalue weighted by Crippen LogP contribution is -2.09. The summed E-state index contributed by atoms with van der Waals surface area (Å²) in [4.78, 5) is 21.0. The molecular weight excluding hydrogens is 212 g/mol. The Morgan fingerprint density at radius 2 is 2.33 bits per heavy atom. The van der Waals surface area contributed by atoms with Crippen molar-refractivity contribution in [1.29, 1.82) is 0 Å². The fraction of sp³-hybridized carbons (Fsp3) is 0.444. The van der Waals surface area contributed by atoms with Gasteiger partial charge in [-0.25, -0.2) is 4.98 Å². The summed E-state index contributed by atoms with van der Waals surface area (Å²) in [5.41, 5.74) is 0.890. The molecule has 80 valence electrons. The Morgan fingerprint density at radius 1 is 1.53 bits per heavy atom. The van der Waals surface area contributed by atoms with Gasteiger partial charge in [-0.15, -0.1) is 0 Å². The summed E-state index contributed by atoms with van der Waals surface area (Å²) in [6, 6.07) is 0. The van der Waals surface area contributed by atoms with Gasteiger partial charge in [-0.1, -0.05) is 13.3 Å². The molecule has 0 saturated carbocycles. The number of aryl methyl sites for hydroxylation is 1. The lowest BCUT2D eigenvalue weighted by Gasteiger charge is -2.01. The van der Waals surface area contributed by atoms with Crippen LogP contribution in [0.2, 0.25) is 0 Å². The SMILES string of the molecule is CCCCn1cnc2c(=O)[nH]c(=S)[nH]c21. The van der Waals surface area contributed by atoms with E-state index < -0.39 is 0 Å². The first-order chi connectivity index (χ1) is 7.22. The second-order valence-electron chi connectivity index (χ2n) is 3.40. The maximum atomic E-state index is 11.5. The van der Waals surface area contributed by atoms with Crippen LogP contribution in [0.25, 0.3) is 11.2 Å². The summed E-state index contributed by atoms with van der Waals surface area (Å²) in [6.07, 6.45) is 3.82. The minimum Gasteiger partial charge on any atom is -0.317 e. The third kappa shape index (κ3) is 1.85. The highest BCUT2D eigenvalue weighted by Crippen LogP contribution is 2.05. The van der Waals surface area contributed by atoms with Crippen molar-refractivity contribution in [2.24, 2.45) is 0 Å². The van der Waals surface area contributed by atoms with Crippen LogP contribution < -0.4 is 5.56 Å². The van der Waals surface area contributed by atoms with Crippen LogP contribution >= 0.6 is 12.2 Å². The standard InChI is InChI=1S/C9H12N4OS/c1-2-3-4-13-5-10-6-7(13)11-9(15)12-8(6)14/h5H,2-4H2,1H3,(H2,11,12,14,15). The number of hydrogen-bond acceptors (Lipinski definition) is 3.